The first-order valence-electron chi connectivity index (χ1n) is 10.6. The molecule has 5 nitrogen and oxygen atoms in total. The maximum atomic E-state index is 6.11. The Hall–Kier alpha value is -2.57. The van der Waals surface area contributed by atoms with Gasteiger partial charge in [-0.25, -0.2) is 9.97 Å². The zero-order valence-electron chi connectivity index (χ0n) is 17.2. The quantitative estimate of drug-likeness (QED) is 0.396. The van der Waals surface area contributed by atoms with Gasteiger partial charge in [0.15, 0.2) is 0 Å². The number of rotatable bonds is 6. The normalized spacial score (nSPS) is 14.3. The molecule has 1 aliphatic heterocycles. The van der Waals surface area contributed by atoms with Crippen LogP contribution in [0.15, 0.2) is 54.7 Å². The third kappa shape index (κ3) is 4.55. The zero-order valence-corrected chi connectivity index (χ0v) is 18.8. The minimum atomic E-state index is 0.705. The fourth-order valence-electron chi connectivity index (χ4n) is 3.98. The number of pyridine rings is 1. The first kappa shape index (κ1) is 20.3. The van der Waals surface area contributed by atoms with Gasteiger partial charge in [-0.2, -0.15) is 11.8 Å². The van der Waals surface area contributed by atoms with Gasteiger partial charge < -0.3 is 10.2 Å². The number of anilines is 2. The summed E-state index contributed by atoms with van der Waals surface area (Å²) in [5, 5.41) is 6.51. The van der Waals surface area contributed by atoms with Crippen molar-refractivity contribution in [1.29, 1.82) is 0 Å². The van der Waals surface area contributed by atoms with Crippen molar-refractivity contribution in [2.75, 3.05) is 41.4 Å². The number of aryl methyl sites for hydroxylation is 1. The van der Waals surface area contributed by atoms with Crippen LogP contribution in [0.2, 0.25) is 5.02 Å². The lowest BCUT2D eigenvalue weighted by Crippen LogP contribution is -2.34. The highest BCUT2D eigenvalue weighted by atomic mass is 35.5. The molecule has 0 saturated carbocycles. The molecule has 1 fully saturated rings. The van der Waals surface area contributed by atoms with Gasteiger partial charge in [-0.3, -0.25) is 4.98 Å². The summed E-state index contributed by atoms with van der Waals surface area (Å²) in [4.78, 5) is 16.6. The Bertz CT molecular complexity index is 1210. The highest BCUT2D eigenvalue weighted by Gasteiger charge is 2.16. The maximum Gasteiger partial charge on any atom is 0.226 e. The summed E-state index contributed by atoms with van der Waals surface area (Å²) in [6, 6.07) is 16.2. The Kier molecular flexibility index (Phi) is 6.09. The van der Waals surface area contributed by atoms with Crippen molar-refractivity contribution in [3.63, 3.8) is 0 Å². The van der Waals surface area contributed by atoms with Gasteiger partial charge in [-0.05, 0) is 43.2 Å². The lowest BCUT2D eigenvalue weighted by molar-refractivity contribution is 0.794. The van der Waals surface area contributed by atoms with E-state index in [1.165, 1.54) is 0 Å². The first-order valence-corrected chi connectivity index (χ1v) is 12.2. The van der Waals surface area contributed by atoms with Crippen molar-refractivity contribution in [3.8, 4) is 0 Å². The van der Waals surface area contributed by atoms with Crippen LogP contribution >= 0.6 is 23.4 Å². The highest BCUT2D eigenvalue weighted by molar-refractivity contribution is 7.99. The summed E-state index contributed by atoms with van der Waals surface area (Å²) in [6.07, 6.45) is 3.70. The predicted molar refractivity (Wildman–Crippen MR) is 133 cm³/mol. The summed E-state index contributed by atoms with van der Waals surface area (Å²) in [6.45, 7) is 2.89. The average molecular weight is 450 g/mol. The molecule has 2 aromatic heterocycles. The van der Waals surface area contributed by atoms with Gasteiger partial charge in [0, 0.05) is 58.8 Å². The molecule has 0 aliphatic carbocycles. The van der Waals surface area contributed by atoms with E-state index in [2.05, 4.69) is 39.5 Å². The highest BCUT2D eigenvalue weighted by Crippen LogP contribution is 2.25. The summed E-state index contributed by atoms with van der Waals surface area (Å²) < 4.78 is 0. The molecule has 0 spiro atoms. The van der Waals surface area contributed by atoms with Gasteiger partial charge in [-0.1, -0.05) is 29.8 Å². The van der Waals surface area contributed by atoms with Crippen LogP contribution in [0.3, 0.4) is 0 Å². The standard InChI is InChI=1S/C24H24ClN5S/c25-17-7-8-19-20(9-11-27-23(19)16-17)26-10-3-6-22-18-4-1-2-5-21(18)28-24(29-22)30-12-14-31-15-13-30/h1-2,4-5,7-9,11,16H,3,6,10,12-15H2,(H,26,27). The third-order valence-corrected chi connectivity index (χ3v) is 6.75. The van der Waals surface area contributed by atoms with Crippen LogP contribution in [0.1, 0.15) is 12.1 Å². The van der Waals surface area contributed by atoms with E-state index in [0.29, 0.717) is 5.02 Å². The van der Waals surface area contributed by atoms with Gasteiger partial charge in [0.1, 0.15) is 0 Å². The van der Waals surface area contributed by atoms with Gasteiger partial charge in [-0.15, -0.1) is 0 Å². The van der Waals surface area contributed by atoms with E-state index in [0.717, 1.165) is 83.1 Å². The molecule has 5 rings (SSSR count). The number of hydrogen-bond donors (Lipinski definition) is 1. The number of benzene rings is 2. The smallest absolute Gasteiger partial charge is 0.226 e. The molecule has 1 aliphatic rings. The van der Waals surface area contributed by atoms with Gasteiger partial charge in [0.05, 0.1) is 16.7 Å². The van der Waals surface area contributed by atoms with Crippen LogP contribution in [-0.2, 0) is 6.42 Å². The molecular formula is C24H24ClN5S. The lowest BCUT2D eigenvalue weighted by atomic mass is 10.1. The minimum Gasteiger partial charge on any atom is -0.384 e. The fraction of sp³-hybridized carbons (Fsp3) is 0.292. The average Bonchev–Trinajstić information content (AvgIpc) is 2.82. The fourth-order valence-corrected chi connectivity index (χ4v) is 5.05. The second-order valence-corrected chi connectivity index (χ2v) is 9.30. The summed E-state index contributed by atoms with van der Waals surface area (Å²) >= 11 is 8.11. The van der Waals surface area contributed by atoms with Crippen molar-refractivity contribution in [1.82, 2.24) is 15.0 Å². The van der Waals surface area contributed by atoms with Crippen LogP contribution in [0.4, 0.5) is 11.6 Å². The van der Waals surface area contributed by atoms with Crippen molar-refractivity contribution in [2.24, 2.45) is 0 Å². The van der Waals surface area contributed by atoms with E-state index in [-0.39, 0.29) is 0 Å². The van der Waals surface area contributed by atoms with E-state index in [9.17, 15) is 0 Å². The Balaban J connectivity index is 1.32. The van der Waals surface area contributed by atoms with Crippen molar-refractivity contribution in [3.05, 3.63) is 65.4 Å². The molecule has 3 heterocycles. The Labute approximate surface area is 191 Å². The largest absolute Gasteiger partial charge is 0.384 e. The van der Waals surface area contributed by atoms with Gasteiger partial charge in [0.25, 0.3) is 0 Å². The molecule has 0 radical (unpaired) electrons. The number of aromatic nitrogens is 3. The van der Waals surface area contributed by atoms with E-state index < -0.39 is 0 Å². The van der Waals surface area contributed by atoms with Gasteiger partial charge in [0.2, 0.25) is 5.95 Å². The molecule has 7 heteroatoms. The molecule has 2 aromatic carbocycles. The Morgan fingerprint density at radius 3 is 2.74 bits per heavy atom. The van der Waals surface area contributed by atoms with Crippen molar-refractivity contribution < 1.29 is 0 Å². The molecule has 1 N–H and O–H groups in total. The number of nitrogens with one attached hydrogen (secondary N) is 1. The Morgan fingerprint density at radius 1 is 0.968 bits per heavy atom. The lowest BCUT2D eigenvalue weighted by Gasteiger charge is -2.27. The molecule has 0 amide bonds. The molecule has 4 aromatic rings. The molecule has 31 heavy (non-hydrogen) atoms. The van der Waals surface area contributed by atoms with E-state index in [1.54, 1.807) is 0 Å². The van der Waals surface area contributed by atoms with Crippen LogP contribution in [-0.4, -0.2) is 46.1 Å². The number of thioether (sulfide) groups is 1. The van der Waals surface area contributed by atoms with Crippen LogP contribution in [0.25, 0.3) is 21.8 Å². The number of fused-ring (bicyclic) bond motifs is 2. The van der Waals surface area contributed by atoms with Gasteiger partial charge >= 0.3 is 0 Å². The molecule has 1 saturated heterocycles. The molecule has 0 bridgehead atoms. The Morgan fingerprint density at radius 2 is 1.84 bits per heavy atom. The van der Waals surface area contributed by atoms with Crippen LogP contribution in [0, 0.1) is 0 Å². The molecule has 0 atom stereocenters. The van der Waals surface area contributed by atoms with Crippen molar-refractivity contribution in [2.45, 2.75) is 12.8 Å². The zero-order chi connectivity index (χ0) is 21.0. The van der Waals surface area contributed by atoms with E-state index >= 15 is 0 Å². The van der Waals surface area contributed by atoms with Crippen molar-refractivity contribution >= 4 is 56.8 Å². The second-order valence-electron chi connectivity index (χ2n) is 7.64. The number of para-hydroxylation sites is 1. The number of hydrogen-bond acceptors (Lipinski definition) is 6. The summed E-state index contributed by atoms with van der Waals surface area (Å²) in [5.74, 6) is 3.15. The third-order valence-electron chi connectivity index (χ3n) is 5.57. The number of nitrogens with zero attached hydrogens (tertiary/aromatic N) is 4. The van der Waals surface area contributed by atoms with E-state index in [4.69, 9.17) is 21.6 Å². The SMILES string of the molecule is Clc1ccc2c(NCCCc3nc(N4CCSCC4)nc4ccccc34)ccnc2c1. The summed E-state index contributed by atoms with van der Waals surface area (Å²) in [5.41, 5.74) is 4.15. The monoisotopic (exact) mass is 449 g/mol. The van der Waals surface area contributed by atoms with Crippen LogP contribution < -0.4 is 10.2 Å². The van der Waals surface area contributed by atoms with Crippen LogP contribution in [0.5, 0.6) is 0 Å². The molecule has 158 valence electrons. The maximum absolute atomic E-state index is 6.11. The van der Waals surface area contributed by atoms with E-state index in [1.807, 2.05) is 42.2 Å². The minimum absolute atomic E-state index is 0.705. The molecular weight excluding hydrogens is 426 g/mol. The topological polar surface area (TPSA) is 53.9 Å². The molecule has 0 unspecified atom stereocenters. The predicted octanol–water partition coefficient (Wildman–Crippen LogP) is 5.43. The second kappa shape index (κ2) is 9.28. The number of halogens is 1. The first-order chi connectivity index (χ1) is 15.3. The summed E-state index contributed by atoms with van der Waals surface area (Å²) in [7, 11) is 0.